The van der Waals surface area contributed by atoms with Gasteiger partial charge in [-0.1, -0.05) is 154 Å². The Morgan fingerprint density at radius 1 is 0.293 bits per heavy atom. The maximum absolute atomic E-state index is 2.43. The van der Waals surface area contributed by atoms with Crippen molar-refractivity contribution in [3.05, 3.63) is 23.7 Å². The maximum atomic E-state index is 2.43. The van der Waals surface area contributed by atoms with Gasteiger partial charge in [-0.2, -0.15) is 75.0 Å². The molecule has 234 valence electrons. The van der Waals surface area contributed by atoms with Crippen LogP contribution in [0.15, 0.2) is 0 Å². The minimum atomic E-state index is 0. The van der Waals surface area contributed by atoms with Crippen LogP contribution in [0.2, 0.25) is 0 Å². The first-order valence-corrected chi connectivity index (χ1v) is 18.2. The van der Waals surface area contributed by atoms with E-state index >= 15 is 0 Å². The van der Waals surface area contributed by atoms with Crippen LogP contribution in [0.3, 0.4) is 0 Å². The number of fused-ring (bicyclic) bond motifs is 8. The van der Waals surface area contributed by atoms with E-state index in [0.29, 0.717) is 0 Å². The van der Waals surface area contributed by atoms with Crippen LogP contribution in [0, 0.1) is 118 Å². The predicted octanol–water partition coefficient (Wildman–Crippen LogP) is 11.6. The molecule has 8 bridgehead atoms. The van der Waals surface area contributed by atoms with Crippen molar-refractivity contribution < 1.29 is 17.4 Å². The van der Waals surface area contributed by atoms with E-state index in [1.54, 1.807) is 0 Å². The van der Waals surface area contributed by atoms with Gasteiger partial charge in [0, 0.05) is 0 Å². The van der Waals surface area contributed by atoms with Crippen molar-refractivity contribution in [2.75, 3.05) is 0 Å². The van der Waals surface area contributed by atoms with Crippen LogP contribution in [0.25, 0.3) is 0 Å². The Bertz CT molecular complexity index is 691. The third-order valence-electron chi connectivity index (χ3n) is 15.7. The monoisotopic (exact) mass is 600 g/mol. The van der Waals surface area contributed by atoms with Gasteiger partial charge in [0.05, 0.1) is 0 Å². The Morgan fingerprint density at radius 3 is 0.561 bits per heavy atom. The zero-order valence-electron chi connectivity index (χ0n) is 29.3. The van der Waals surface area contributed by atoms with Gasteiger partial charge in [0.2, 0.25) is 0 Å². The molecule has 0 aromatic heterocycles. The molecule has 0 saturated heterocycles. The van der Waals surface area contributed by atoms with Gasteiger partial charge in [0.1, 0.15) is 0 Å². The molecule has 41 heavy (non-hydrogen) atoms. The predicted molar refractivity (Wildman–Crippen MR) is 174 cm³/mol. The van der Waals surface area contributed by atoms with E-state index < -0.39 is 0 Å². The summed E-state index contributed by atoms with van der Waals surface area (Å²) in [5, 5.41) is 0. The third-order valence-corrected chi connectivity index (χ3v) is 15.7. The zero-order valence-corrected chi connectivity index (χ0v) is 30.6. The molecule has 0 aromatic carbocycles. The number of rotatable bonds is 0. The molecule has 8 aliphatic carbocycles. The van der Waals surface area contributed by atoms with E-state index in [9.17, 15) is 0 Å². The molecule has 0 radical (unpaired) electrons. The SMILES string of the molecule is CC1C[C-]2CC1C(C)C2C.CC1C[C-]2CC1C(C)C2C.CC1C[C-]2CC1C(C)C2C.CC1C[C-]2CC1C(C)C2C.[Cr+4]. The van der Waals surface area contributed by atoms with Crippen LogP contribution >= 0.6 is 0 Å². The quantitative estimate of drug-likeness (QED) is 0.243. The summed E-state index contributed by atoms with van der Waals surface area (Å²) in [7, 11) is 0. The average molecular weight is 601 g/mol. The van der Waals surface area contributed by atoms with E-state index in [0.717, 1.165) is 94.7 Å². The fourth-order valence-corrected chi connectivity index (χ4v) is 11.9. The zero-order chi connectivity index (χ0) is 29.2. The molecule has 1 heteroatoms. The molecule has 8 aliphatic rings. The van der Waals surface area contributed by atoms with Crippen molar-refractivity contribution in [2.45, 2.75) is 134 Å². The van der Waals surface area contributed by atoms with Gasteiger partial charge in [0.15, 0.2) is 0 Å². The van der Waals surface area contributed by atoms with E-state index in [1.807, 2.05) is 23.7 Å². The van der Waals surface area contributed by atoms with Gasteiger partial charge in [-0.25, -0.2) is 0 Å². The first-order chi connectivity index (χ1) is 18.8. The Morgan fingerprint density at radius 2 is 0.463 bits per heavy atom. The second-order valence-electron chi connectivity index (χ2n) is 17.4. The van der Waals surface area contributed by atoms with Gasteiger partial charge in [-0.05, 0) is 0 Å². The summed E-state index contributed by atoms with van der Waals surface area (Å²) in [5.74, 6) is 23.4. The van der Waals surface area contributed by atoms with Gasteiger partial charge in [-0.3, -0.25) is 0 Å². The largest absolute Gasteiger partial charge is 4.00 e. The molecule has 0 N–H and O–H groups in total. The minimum absolute atomic E-state index is 0. The average Bonchev–Trinajstić information content (AvgIpc) is 3.78. The van der Waals surface area contributed by atoms with Crippen molar-refractivity contribution in [1.82, 2.24) is 0 Å². The van der Waals surface area contributed by atoms with Gasteiger partial charge < -0.3 is 23.7 Å². The summed E-state index contributed by atoms with van der Waals surface area (Å²) in [4.78, 5) is 0. The van der Waals surface area contributed by atoms with Crippen molar-refractivity contribution in [2.24, 2.45) is 94.7 Å². The first kappa shape index (κ1) is 34.4. The second kappa shape index (κ2) is 13.5. The minimum Gasteiger partial charge on any atom is -0.310 e. The number of hydrogen-bond donors (Lipinski definition) is 0. The Labute approximate surface area is 269 Å². The third kappa shape index (κ3) is 6.46. The van der Waals surface area contributed by atoms with E-state index in [1.165, 1.54) is 51.4 Å². The van der Waals surface area contributed by atoms with Crippen LogP contribution in [0.5, 0.6) is 0 Å². The van der Waals surface area contributed by atoms with Crippen LogP contribution < -0.4 is 0 Å². The van der Waals surface area contributed by atoms with Crippen LogP contribution in [0.1, 0.15) is 134 Å². The Hall–Kier alpha value is 0.532. The topological polar surface area (TPSA) is 0 Å². The van der Waals surface area contributed by atoms with Crippen molar-refractivity contribution in [3.8, 4) is 0 Å². The first-order valence-electron chi connectivity index (χ1n) is 18.2. The van der Waals surface area contributed by atoms with Crippen LogP contribution in [-0.2, 0) is 17.4 Å². The molecule has 0 amide bonds. The summed E-state index contributed by atoms with van der Waals surface area (Å²) in [5.41, 5.74) is 0. The van der Waals surface area contributed by atoms with E-state index in [4.69, 9.17) is 0 Å². The Kier molecular flexibility index (Phi) is 11.3. The van der Waals surface area contributed by atoms with E-state index in [2.05, 4.69) is 83.1 Å². The molecular weight excluding hydrogens is 532 g/mol. The molecule has 16 unspecified atom stereocenters. The van der Waals surface area contributed by atoms with Gasteiger partial charge >= 0.3 is 17.4 Å². The van der Waals surface area contributed by atoms with Crippen LogP contribution in [-0.4, -0.2) is 0 Å². The molecule has 8 rings (SSSR count). The fourth-order valence-electron chi connectivity index (χ4n) is 11.9. The normalized spacial score (nSPS) is 53.0. The van der Waals surface area contributed by atoms with Crippen molar-refractivity contribution in [1.29, 1.82) is 0 Å². The molecule has 8 saturated carbocycles. The molecule has 16 atom stereocenters. The molecule has 0 aliphatic heterocycles. The number of hydrogen-bond acceptors (Lipinski definition) is 0. The Balaban J connectivity index is 0.000000125. The molecule has 0 heterocycles. The van der Waals surface area contributed by atoms with E-state index in [-0.39, 0.29) is 17.4 Å². The molecule has 8 fully saturated rings. The van der Waals surface area contributed by atoms with Gasteiger partial charge in [-0.15, -0.1) is 0 Å². The van der Waals surface area contributed by atoms with Gasteiger partial charge in [0.25, 0.3) is 0 Å². The molecule has 0 nitrogen and oxygen atoms in total. The fraction of sp³-hybridized carbons (Fsp3) is 0.900. The molecular formula is C40H68Cr. The molecule has 0 spiro atoms. The van der Waals surface area contributed by atoms with Crippen LogP contribution in [0.4, 0.5) is 0 Å². The molecule has 0 aromatic rings. The summed E-state index contributed by atoms with van der Waals surface area (Å²) in [6, 6.07) is 0. The van der Waals surface area contributed by atoms with Crippen molar-refractivity contribution in [3.63, 3.8) is 0 Å². The summed E-state index contributed by atoms with van der Waals surface area (Å²) in [6.07, 6.45) is 11.6. The second-order valence-corrected chi connectivity index (χ2v) is 17.4. The summed E-state index contributed by atoms with van der Waals surface area (Å²) >= 11 is 0. The smallest absolute Gasteiger partial charge is 0.310 e. The summed E-state index contributed by atoms with van der Waals surface area (Å²) in [6.45, 7) is 29.0. The summed E-state index contributed by atoms with van der Waals surface area (Å²) < 4.78 is 0. The van der Waals surface area contributed by atoms with Crippen molar-refractivity contribution >= 4 is 0 Å². The maximum Gasteiger partial charge on any atom is 4.00 e. The standard InChI is InChI=1S/4C10H17.Cr/c4*1-6-4-9-5-10(6)8(3)7(9)2;/h4*6-8,10H,4-5H2,1-3H3;/q4*-1;+4.